The highest BCUT2D eigenvalue weighted by molar-refractivity contribution is 6.04. The number of aryl methyl sites for hydroxylation is 1. The third-order valence-electron chi connectivity index (χ3n) is 4.11. The molecule has 0 radical (unpaired) electrons. The fraction of sp³-hybridized carbons (Fsp3) is 0.158. The van der Waals surface area contributed by atoms with Gasteiger partial charge in [-0.3, -0.25) is 19.6 Å². The molecule has 1 N–H and O–H groups in total. The summed E-state index contributed by atoms with van der Waals surface area (Å²) in [5.41, 5.74) is 3.13. The summed E-state index contributed by atoms with van der Waals surface area (Å²) in [6.45, 7) is 3.71. The number of anilines is 1. The zero-order chi connectivity index (χ0) is 18.7. The highest BCUT2D eigenvalue weighted by Gasteiger charge is 2.21. The number of benzene rings is 2. The first-order valence-electron chi connectivity index (χ1n) is 8.09. The van der Waals surface area contributed by atoms with Crippen LogP contribution in [0.5, 0.6) is 0 Å². The molecule has 7 nitrogen and oxygen atoms in total. The highest BCUT2D eigenvalue weighted by Crippen LogP contribution is 2.22. The van der Waals surface area contributed by atoms with Crippen molar-refractivity contribution >= 4 is 17.3 Å². The van der Waals surface area contributed by atoms with Crippen LogP contribution in [0.4, 0.5) is 11.4 Å². The maximum Gasteiger partial charge on any atom is 0.312 e. The Kier molecular flexibility index (Phi) is 4.79. The Balaban J connectivity index is 1.73. The molecule has 1 heterocycles. The van der Waals surface area contributed by atoms with Crippen molar-refractivity contribution < 1.29 is 9.72 Å². The van der Waals surface area contributed by atoms with E-state index in [0.29, 0.717) is 23.5 Å². The Hall–Kier alpha value is -3.48. The zero-order valence-corrected chi connectivity index (χ0v) is 14.5. The van der Waals surface area contributed by atoms with Crippen LogP contribution < -0.4 is 5.32 Å². The average Bonchev–Trinajstić information content (AvgIpc) is 2.90. The number of carbonyl (C=O) groups is 1. The van der Waals surface area contributed by atoms with E-state index in [4.69, 9.17) is 0 Å². The minimum Gasteiger partial charge on any atom is -0.322 e. The van der Waals surface area contributed by atoms with Crippen LogP contribution in [0.15, 0.2) is 54.6 Å². The molecule has 0 saturated carbocycles. The lowest BCUT2D eigenvalue weighted by molar-refractivity contribution is -0.386. The maximum atomic E-state index is 12.3. The number of carbonyl (C=O) groups excluding carboxylic acids is 1. The molecule has 0 aliphatic heterocycles. The summed E-state index contributed by atoms with van der Waals surface area (Å²) >= 11 is 0. The number of hydrogen-bond acceptors (Lipinski definition) is 4. The van der Waals surface area contributed by atoms with Gasteiger partial charge in [0.2, 0.25) is 0 Å². The molecule has 3 aromatic rings. The molecule has 26 heavy (non-hydrogen) atoms. The third-order valence-corrected chi connectivity index (χ3v) is 4.11. The van der Waals surface area contributed by atoms with Crippen molar-refractivity contribution in [1.29, 1.82) is 0 Å². The second kappa shape index (κ2) is 7.18. The van der Waals surface area contributed by atoms with E-state index in [1.165, 1.54) is 0 Å². The van der Waals surface area contributed by atoms with E-state index >= 15 is 0 Å². The van der Waals surface area contributed by atoms with Crippen LogP contribution in [-0.4, -0.2) is 20.6 Å². The van der Waals surface area contributed by atoms with E-state index in [-0.39, 0.29) is 11.6 Å². The van der Waals surface area contributed by atoms with Crippen LogP contribution in [0, 0.1) is 24.0 Å². The molecule has 1 aromatic heterocycles. The van der Waals surface area contributed by atoms with E-state index in [1.807, 2.05) is 42.5 Å². The zero-order valence-electron chi connectivity index (χ0n) is 14.5. The van der Waals surface area contributed by atoms with E-state index < -0.39 is 4.92 Å². The second-order valence-corrected chi connectivity index (χ2v) is 5.95. The van der Waals surface area contributed by atoms with Crippen molar-refractivity contribution in [1.82, 2.24) is 9.78 Å². The largest absolute Gasteiger partial charge is 0.322 e. The van der Waals surface area contributed by atoms with Gasteiger partial charge < -0.3 is 5.32 Å². The molecule has 0 unspecified atom stereocenters. The fourth-order valence-corrected chi connectivity index (χ4v) is 2.76. The second-order valence-electron chi connectivity index (χ2n) is 5.95. The van der Waals surface area contributed by atoms with Crippen molar-refractivity contribution in [2.75, 3.05) is 5.32 Å². The number of rotatable bonds is 5. The Labute approximate surface area is 150 Å². The molecule has 0 atom stereocenters. The lowest BCUT2D eigenvalue weighted by Gasteiger charge is -2.07. The smallest absolute Gasteiger partial charge is 0.312 e. The number of nitrogens with zero attached hydrogens (tertiary/aromatic N) is 3. The molecular weight excluding hydrogens is 332 g/mol. The van der Waals surface area contributed by atoms with E-state index in [2.05, 4.69) is 10.4 Å². The summed E-state index contributed by atoms with van der Waals surface area (Å²) in [5.74, 6) is -0.190. The van der Waals surface area contributed by atoms with Crippen LogP contribution in [0.2, 0.25) is 0 Å². The Morgan fingerprint density at radius 2 is 1.77 bits per heavy atom. The van der Waals surface area contributed by atoms with Gasteiger partial charge >= 0.3 is 5.69 Å². The third kappa shape index (κ3) is 3.61. The van der Waals surface area contributed by atoms with Crippen LogP contribution in [0.3, 0.4) is 0 Å². The summed E-state index contributed by atoms with van der Waals surface area (Å²) in [6, 6.07) is 16.3. The number of nitro groups is 1. The number of nitrogens with one attached hydrogen (secondary N) is 1. The molecule has 0 spiro atoms. The van der Waals surface area contributed by atoms with E-state index in [0.717, 1.165) is 11.3 Å². The Morgan fingerprint density at radius 3 is 2.35 bits per heavy atom. The molecule has 0 bridgehead atoms. The summed E-state index contributed by atoms with van der Waals surface area (Å²) in [4.78, 5) is 22.9. The molecule has 0 fully saturated rings. The first kappa shape index (κ1) is 17.3. The van der Waals surface area contributed by atoms with Gasteiger partial charge in [0.1, 0.15) is 11.4 Å². The van der Waals surface area contributed by atoms with Crippen molar-refractivity contribution in [3.8, 4) is 0 Å². The van der Waals surface area contributed by atoms with Gasteiger partial charge in [-0.05, 0) is 43.7 Å². The monoisotopic (exact) mass is 350 g/mol. The van der Waals surface area contributed by atoms with E-state index in [9.17, 15) is 14.9 Å². The summed E-state index contributed by atoms with van der Waals surface area (Å²) in [7, 11) is 0. The van der Waals surface area contributed by atoms with Gasteiger partial charge in [-0.2, -0.15) is 5.10 Å². The topological polar surface area (TPSA) is 90.1 Å². The number of amides is 1. The predicted molar refractivity (Wildman–Crippen MR) is 98.3 cm³/mol. The lowest BCUT2D eigenvalue weighted by Crippen LogP contribution is -2.12. The minimum atomic E-state index is -0.412. The standard InChI is InChI=1S/C19H18N4O3/c1-13-18(23(25)26)14(2)22(21-13)12-15-8-10-16(11-9-15)19(24)20-17-6-4-3-5-7-17/h3-11H,12H2,1-2H3,(H,20,24). The molecular formula is C19H18N4O3. The molecule has 0 aliphatic carbocycles. The van der Waals surface area contributed by atoms with Gasteiger partial charge in [-0.1, -0.05) is 30.3 Å². The Bertz CT molecular complexity index is 947. The number of hydrogen-bond donors (Lipinski definition) is 1. The Morgan fingerprint density at radius 1 is 1.12 bits per heavy atom. The molecule has 2 aromatic carbocycles. The number of para-hydroxylation sites is 1. The average molecular weight is 350 g/mol. The number of aromatic nitrogens is 2. The van der Waals surface area contributed by atoms with Crippen LogP contribution >= 0.6 is 0 Å². The van der Waals surface area contributed by atoms with Gasteiger partial charge in [0.25, 0.3) is 5.91 Å². The summed E-state index contributed by atoms with van der Waals surface area (Å²) < 4.78 is 1.60. The molecule has 3 rings (SSSR count). The van der Waals surface area contributed by atoms with Crippen molar-refractivity contribution in [3.05, 3.63) is 87.2 Å². The SMILES string of the molecule is Cc1nn(Cc2ccc(C(=O)Nc3ccccc3)cc2)c(C)c1[N+](=O)[O-]. The van der Waals surface area contributed by atoms with Crippen LogP contribution in [-0.2, 0) is 6.54 Å². The van der Waals surface area contributed by atoms with Crippen molar-refractivity contribution in [2.24, 2.45) is 0 Å². The van der Waals surface area contributed by atoms with Gasteiger partial charge in [0.05, 0.1) is 11.5 Å². The normalized spacial score (nSPS) is 10.5. The van der Waals surface area contributed by atoms with Crippen molar-refractivity contribution in [2.45, 2.75) is 20.4 Å². The molecule has 0 saturated heterocycles. The highest BCUT2D eigenvalue weighted by atomic mass is 16.6. The van der Waals surface area contributed by atoms with Crippen molar-refractivity contribution in [3.63, 3.8) is 0 Å². The van der Waals surface area contributed by atoms with Crippen LogP contribution in [0.1, 0.15) is 27.3 Å². The first-order valence-corrected chi connectivity index (χ1v) is 8.09. The van der Waals surface area contributed by atoms with Gasteiger partial charge in [0.15, 0.2) is 0 Å². The first-order chi connectivity index (χ1) is 12.5. The van der Waals surface area contributed by atoms with Gasteiger partial charge in [-0.15, -0.1) is 0 Å². The summed E-state index contributed by atoms with van der Waals surface area (Å²) in [6.07, 6.45) is 0. The van der Waals surface area contributed by atoms with Gasteiger partial charge in [-0.25, -0.2) is 0 Å². The van der Waals surface area contributed by atoms with Gasteiger partial charge in [0, 0.05) is 11.3 Å². The maximum absolute atomic E-state index is 12.3. The molecule has 7 heteroatoms. The predicted octanol–water partition coefficient (Wildman–Crippen LogP) is 3.71. The summed E-state index contributed by atoms with van der Waals surface area (Å²) in [5, 5.41) is 18.1. The molecule has 132 valence electrons. The van der Waals surface area contributed by atoms with E-state index in [1.54, 1.807) is 30.7 Å². The minimum absolute atomic E-state index is 0.0452. The molecule has 0 aliphatic rings. The lowest BCUT2D eigenvalue weighted by atomic mass is 10.1. The fourth-order valence-electron chi connectivity index (χ4n) is 2.76. The molecule has 1 amide bonds. The van der Waals surface area contributed by atoms with Crippen LogP contribution in [0.25, 0.3) is 0 Å². The quantitative estimate of drug-likeness (QED) is 0.561.